The molecule has 0 amide bonds. The maximum atomic E-state index is 9.11. The number of nitrogens with one attached hydrogen (secondary N) is 1. The van der Waals surface area contributed by atoms with Gasteiger partial charge >= 0.3 is 0 Å². The predicted molar refractivity (Wildman–Crippen MR) is 68.8 cm³/mol. The second-order valence-electron chi connectivity index (χ2n) is 5.14. The summed E-state index contributed by atoms with van der Waals surface area (Å²) in [5.41, 5.74) is 3.86. The first-order valence-corrected chi connectivity index (χ1v) is 5.86. The molecule has 0 saturated heterocycles. The number of aryl methyl sites for hydroxylation is 2. The van der Waals surface area contributed by atoms with Gasteiger partial charge in [0.1, 0.15) is 0 Å². The van der Waals surface area contributed by atoms with Crippen molar-refractivity contribution in [2.45, 2.75) is 39.7 Å². The van der Waals surface area contributed by atoms with E-state index in [-0.39, 0.29) is 12.1 Å². The number of aliphatic hydroxyl groups excluding tert-OH is 1. The quantitative estimate of drug-likeness (QED) is 0.799. The van der Waals surface area contributed by atoms with Crippen LogP contribution < -0.4 is 5.32 Å². The minimum Gasteiger partial charge on any atom is -0.394 e. The van der Waals surface area contributed by atoms with Gasteiger partial charge in [0.25, 0.3) is 0 Å². The van der Waals surface area contributed by atoms with Crippen molar-refractivity contribution in [3.8, 4) is 0 Å². The smallest absolute Gasteiger partial charge is 0.0607 e. The topological polar surface area (TPSA) is 32.3 Å². The van der Waals surface area contributed by atoms with Gasteiger partial charge in [0.2, 0.25) is 0 Å². The number of hydrogen-bond acceptors (Lipinski definition) is 2. The van der Waals surface area contributed by atoms with Crippen molar-refractivity contribution in [2.24, 2.45) is 0 Å². The molecular weight excluding hydrogens is 198 g/mol. The minimum absolute atomic E-state index is 0.167. The summed E-state index contributed by atoms with van der Waals surface area (Å²) in [5, 5.41) is 12.5. The number of rotatable bonds is 5. The lowest BCUT2D eigenvalue weighted by Crippen LogP contribution is -2.43. The van der Waals surface area contributed by atoms with Crippen LogP contribution in [0.15, 0.2) is 18.2 Å². The van der Waals surface area contributed by atoms with Gasteiger partial charge in [-0.25, -0.2) is 0 Å². The van der Waals surface area contributed by atoms with Gasteiger partial charge in [-0.2, -0.15) is 0 Å². The Morgan fingerprint density at radius 3 is 2.44 bits per heavy atom. The van der Waals surface area contributed by atoms with E-state index in [0.29, 0.717) is 0 Å². The van der Waals surface area contributed by atoms with E-state index in [0.717, 1.165) is 13.0 Å². The van der Waals surface area contributed by atoms with Crippen molar-refractivity contribution in [3.63, 3.8) is 0 Å². The second-order valence-corrected chi connectivity index (χ2v) is 5.14. The van der Waals surface area contributed by atoms with Crippen molar-refractivity contribution in [3.05, 3.63) is 34.9 Å². The van der Waals surface area contributed by atoms with Gasteiger partial charge < -0.3 is 10.4 Å². The molecule has 1 rings (SSSR count). The van der Waals surface area contributed by atoms with Crippen LogP contribution in [0.4, 0.5) is 0 Å². The molecule has 0 heterocycles. The average molecular weight is 221 g/mol. The first kappa shape index (κ1) is 13.2. The molecule has 0 radical (unpaired) electrons. The van der Waals surface area contributed by atoms with E-state index >= 15 is 0 Å². The molecule has 2 heteroatoms. The lowest BCUT2D eigenvalue weighted by atomic mass is 10.0. The third-order valence-electron chi connectivity index (χ3n) is 2.98. The normalized spacial score (nSPS) is 11.8. The fourth-order valence-corrected chi connectivity index (χ4v) is 1.56. The van der Waals surface area contributed by atoms with E-state index in [2.05, 4.69) is 37.4 Å². The number of aliphatic hydroxyl groups is 1. The van der Waals surface area contributed by atoms with E-state index in [1.165, 1.54) is 16.7 Å². The lowest BCUT2D eigenvalue weighted by molar-refractivity contribution is 0.189. The lowest BCUT2D eigenvalue weighted by Gasteiger charge is -2.23. The van der Waals surface area contributed by atoms with Crippen LogP contribution in [0, 0.1) is 13.8 Å². The highest BCUT2D eigenvalue weighted by atomic mass is 16.3. The third-order valence-corrected chi connectivity index (χ3v) is 2.98. The zero-order chi connectivity index (χ0) is 12.2. The highest BCUT2D eigenvalue weighted by Gasteiger charge is 2.14. The Balaban J connectivity index is 2.46. The van der Waals surface area contributed by atoms with E-state index < -0.39 is 0 Å². The van der Waals surface area contributed by atoms with Crippen molar-refractivity contribution < 1.29 is 5.11 Å². The Hall–Kier alpha value is -0.860. The van der Waals surface area contributed by atoms with Gasteiger partial charge in [-0.05, 0) is 57.4 Å². The predicted octanol–water partition coefficient (Wildman–Crippen LogP) is 2.21. The summed E-state index contributed by atoms with van der Waals surface area (Å²) < 4.78 is 0. The van der Waals surface area contributed by atoms with Gasteiger partial charge in [-0.3, -0.25) is 0 Å². The van der Waals surface area contributed by atoms with Crippen LogP contribution in [-0.4, -0.2) is 23.8 Å². The molecule has 0 spiro atoms. The first-order valence-electron chi connectivity index (χ1n) is 5.86. The van der Waals surface area contributed by atoms with Crippen LogP contribution >= 0.6 is 0 Å². The standard InChI is InChI=1S/C14H23NO/c1-11-5-6-13(9-12(11)2)7-8-15-14(3,4)10-16/h5-6,9,15-16H,7-8,10H2,1-4H3. The molecule has 2 nitrogen and oxygen atoms in total. The molecule has 0 aliphatic rings. The Bertz CT molecular complexity index is 345. The van der Waals surface area contributed by atoms with Gasteiger partial charge in [-0.1, -0.05) is 18.2 Å². The molecule has 1 aromatic rings. The highest BCUT2D eigenvalue weighted by Crippen LogP contribution is 2.10. The largest absolute Gasteiger partial charge is 0.394 e. The summed E-state index contributed by atoms with van der Waals surface area (Å²) in [6, 6.07) is 6.58. The Kier molecular flexibility index (Phi) is 4.51. The van der Waals surface area contributed by atoms with Crippen LogP contribution in [0.5, 0.6) is 0 Å². The molecule has 2 N–H and O–H groups in total. The van der Waals surface area contributed by atoms with E-state index in [4.69, 9.17) is 5.11 Å². The molecule has 1 aromatic carbocycles. The van der Waals surface area contributed by atoms with Crippen LogP contribution in [0.25, 0.3) is 0 Å². The molecular formula is C14H23NO. The van der Waals surface area contributed by atoms with Crippen molar-refractivity contribution >= 4 is 0 Å². The summed E-state index contributed by atoms with van der Waals surface area (Å²) >= 11 is 0. The highest BCUT2D eigenvalue weighted by molar-refractivity contribution is 5.30. The fourth-order valence-electron chi connectivity index (χ4n) is 1.56. The summed E-state index contributed by atoms with van der Waals surface area (Å²) in [5.74, 6) is 0. The van der Waals surface area contributed by atoms with E-state index in [1.54, 1.807) is 0 Å². The van der Waals surface area contributed by atoms with Gasteiger partial charge in [-0.15, -0.1) is 0 Å². The van der Waals surface area contributed by atoms with Crippen molar-refractivity contribution in [1.82, 2.24) is 5.32 Å². The molecule has 0 unspecified atom stereocenters. The maximum absolute atomic E-state index is 9.11. The molecule has 0 aromatic heterocycles. The monoisotopic (exact) mass is 221 g/mol. The average Bonchev–Trinajstić information content (AvgIpc) is 2.23. The molecule has 16 heavy (non-hydrogen) atoms. The number of benzene rings is 1. The van der Waals surface area contributed by atoms with Crippen LogP contribution in [0.1, 0.15) is 30.5 Å². The van der Waals surface area contributed by atoms with Gasteiger partial charge in [0, 0.05) is 5.54 Å². The SMILES string of the molecule is Cc1ccc(CCNC(C)(C)CO)cc1C. The van der Waals surface area contributed by atoms with Crippen LogP contribution in [-0.2, 0) is 6.42 Å². The second kappa shape index (κ2) is 5.46. The number of hydrogen-bond donors (Lipinski definition) is 2. The molecule has 0 aliphatic heterocycles. The Morgan fingerprint density at radius 1 is 1.19 bits per heavy atom. The molecule has 0 fully saturated rings. The van der Waals surface area contributed by atoms with Crippen LogP contribution in [0.2, 0.25) is 0 Å². The molecule has 0 aliphatic carbocycles. The van der Waals surface area contributed by atoms with Gasteiger partial charge in [0.05, 0.1) is 6.61 Å². The third kappa shape index (κ3) is 3.95. The molecule has 0 atom stereocenters. The maximum Gasteiger partial charge on any atom is 0.0607 e. The molecule has 0 saturated carbocycles. The zero-order valence-electron chi connectivity index (χ0n) is 10.8. The summed E-state index contributed by atoms with van der Waals surface area (Å²) in [4.78, 5) is 0. The molecule has 90 valence electrons. The Morgan fingerprint density at radius 2 is 1.88 bits per heavy atom. The Labute approximate surface area is 98.7 Å². The van der Waals surface area contributed by atoms with Crippen molar-refractivity contribution in [2.75, 3.05) is 13.2 Å². The zero-order valence-corrected chi connectivity index (χ0v) is 10.8. The van der Waals surface area contributed by atoms with Crippen LogP contribution in [0.3, 0.4) is 0 Å². The van der Waals surface area contributed by atoms with Crippen molar-refractivity contribution in [1.29, 1.82) is 0 Å². The van der Waals surface area contributed by atoms with E-state index in [1.807, 2.05) is 13.8 Å². The summed E-state index contributed by atoms with van der Waals surface area (Å²) in [7, 11) is 0. The first-order chi connectivity index (χ1) is 7.44. The summed E-state index contributed by atoms with van der Waals surface area (Å²) in [6.07, 6.45) is 1.00. The summed E-state index contributed by atoms with van der Waals surface area (Å²) in [6.45, 7) is 9.35. The van der Waals surface area contributed by atoms with Gasteiger partial charge in [0.15, 0.2) is 0 Å². The fraction of sp³-hybridized carbons (Fsp3) is 0.571. The molecule has 0 bridgehead atoms. The van der Waals surface area contributed by atoms with E-state index in [9.17, 15) is 0 Å². The minimum atomic E-state index is -0.181.